The minimum absolute atomic E-state index is 0.0474. The lowest BCUT2D eigenvalue weighted by Crippen LogP contribution is -2.24. The molecule has 0 heterocycles. The molecule has 0 unspecified atom stereocenters. The van der Waals surface area contributed by atoms with Gasteiger partial charge in [-0.2, -0.15) is 0 Å². The molecule has 18 heavy (non-hydrogen) atoms. The van der Waals surface area contributed by atoms with Crippen LogP contribution in [0.3, 0.4) is 0 Å². The van der Waals surface area contributed by atoms with Crippen molar-refractivity contribution in [2.75, 3.05) is 20.6 Å². The third-order valence-electron chi connectivity index (χ3n) is 2.95. The van der Waals surface area contributed by atoms with Crippen molar-refractivity contribution in [3.8, 4) is 0 Å². The lowest BCUT2D eigenvalue weighted by atomic mass is 10.0. The first kappa shape index (κ1) is 14.7. The Morgan fingerprint density at radius 3 is 2.39 bits per heavy atom. The van der Waals surface area contributed by atoms with Crippen LogP contribution in [0.4, 0.5) is 0 Å². The van der Waals surface area contributed by atoms with E-state index in [4.69, 9.17) is 0 Å². The molecule has 1 aromatic rings. The molecule has 0 saturated carbocycles. The fourth-order valence-electron chi connectivity index (χ4n) is 1.84. The molecule has 0 aliphatic heterocycles. The van der Waals surface area contributed by atoms with Crippen molar-refractivity contribution >= 4 is 11.9 Å². The Bertz CT molecular complexity index is 404. The quantitative estimate of drug-likeness (QED) is 0.718. The molecule has 98 valence electrons. The zero-order valence-electron chi connectivity index (χ0n) is 11.8. The zero-order chi connectivity index (χ0) is 13.5. The summed E-state index contributed by atoms with van der Waals surface area (Å²) < 4.78 is 0. The number of rotatable bonds is 6. The van der Waals surface area contributed by atoms with E-state index in [2.05, 4.69) is 31.2 Å². The second kappa shape index (κ2) is 7.12. The molecule has 0 bridgehead atoms. The SMILES string of the molecule is CCc1ccc(/C=C/C(=O)[C@H](C)CN(C)C)cc1. The van der Waals surface area contributed by atoms with Crippen LogP contribution in [0, 0.1) is 5.92 Å². The van der Waals surface area contributed by atoms with Gasteiger partial charge < -0.3 is 4.90 Å². The first-order valence-electron chi connectivity index (χ1n) is 6.48. The maximum absolute atomic E-state index is 11.9. The molecule has 0 saturated heterocycles. The summed E-state index contributed by atoms with van der Waals surface area (Å²) in [4.78, 5) is 13.9. The van der Waals surface area contributed by atoms with E-state index in [0.717, 1.165) is 18.5 Å². The van der Waals surface area contributed by atoms with Crippen LogP contribution in [0.1, 0.15) is 25.0 Å². The van der Waals surface area contributed by atoms with Gasteiger partial charge >= 0.3 is 0 Å². The Balaban J connectivity index is 2.59. The van der Waals surface area contributed by atoms with Gasteiger partial charge in [0.1, 0.15) is 0 Å². The summed E-state index contributed by atoms with van der Waals surface area (Å²) in [6.45, 7) is 4.89. The minimum atomic E-state index is 0.0474. The zero-order valence-corrected chi connectivity index (χ0v) is 11.8. The van der Waals surface area contributed by atoms with Gasteiger partial charge in [0.25, 0.3) is 0 Å². The highest BCUT2D eigenvalue weighted by Crippen LogP contribution is 2.08. The van der Waals surface area contributed by atoms with E-state index < -0.39 is 0 Å². The summed E-state index contributed by atoms with van der Waals surface area (Å²) in [6.07, 6.45) is 4.63. The van der Waals surface area contributed by atoms with Crippen LogP contribution in [0.15, 0.2) is 30.3 Å². The Kier molecular flexibility index (Phi) is 5.79. The first-order valence-corrected chi connectivity index (χ1v) is 6.48. The third-order valence-corrected chi connectivity index (χ3v) is 2.95. The Morgan fingerprint density at radius 2 is 1.89 bits per heavy atom. The summed E-state index contributed by atoms with van der Waals surface area (Å²) in [5.74, 6) is 0.231. The normalized spacial score (nSPS) is 13.2. The fourth-order valence-corrected chi connectivity index (χ4v) is 1.84. The predicted octanol–water partition coefficient (Wildman–Crippen LogP) is 3.03. The molecule has 0 aromatic heterocycles. The standard InChI is InChI=1S/C16H23NO/c1-5-14-6-8-15(9-7-14)10-11-16(18)13(2)12-17(3)4/h6-11,13H,5,12H2,1-4H3/b11-10+/t13-/m1/s1. The van der Waals surface area contributed by atoms with Gasteiger partial charge in [0, 0.05) is 12.5 Å². The molecule has 0 spiro atoms. The van der Waals surface area contributed by atoms with Crippen LogP contribution in [0.2, 0.25) is 0 Å². The van der Waals surface area contributed by atoms with Gasteiger partial charge in [-0.25, -0.2) is 0 Å². The monoisotopic (exact) mass is 245 g/mol. The van der Waals surface area contributed by atoms with Crippen molar-refractivity contribution in [3.63, 3.8) is 0 Å². The number of hydrogen-bond acceptors (Lipinski definition) is 2. The highest BCUT2D eigenvalue weighted by Gasteiger charge is 2.10. The molecular weight excluding hydrogens is 222 g/mol. The smallest absolute Gasteiger partial charge is 0.159 e. The van der Waals surface area contributed by atoms with Crippen molar-refractivity contribution < 1.29 is 4.79 Å². The summed E-state index contributed by atoms with van der Waals surface area (Å²) in [7, 11) is 3.97. The van der Waals surface area contributed by atoms with Gasteiger partial charge in [-0.3, -0.25) is 4.79 Å². The van der Waals surface area contributed by atoms with Crippen LogP contribution in [0.5, 0.6) is 0 Å². The lowest BCUT2D eigenvalue weighted by molar-refractivity contribution is -0.118. The first-order chi connectivity index (χ1) is 8.52. The largest absolute Gasteiger partial charge is 0.309 e. The van der Waals surface area contributed by atoms with E-state index in [1.54, 1.807) is 6.08 Å². The van der Waals surface area contributed by atoms with Crippen molar-refractivity contribution in [2.45, 2.75) is 20.3 Å². The molecule has 1 rings (SSSR count). The Labute approximate surface area is 110 Å². The Morgan fingerprint density at radius 1 is 1.28 bits per heavy atom. The predicted molar refractivity (Wildman–Crippen MR) is 77.6 cm³/mol. The molecule has 2 heteroatoms. The topological polar surface area (TPSA) is 20.3 Å². The summed E-state index contributed by atoms with van der Waals surface area (Å²) in [5.41, 5.74) is 2.40. The van der Waals surface area contributed by atoms with Crippen LogP contribution >= 0.6 is 0 Å². The van der Waals surface area contributed by atoms with E-state index in [0.29, 0.717) is 0 Å². The second-order valence-electron chi connectivity index (χ2n) is 4.99. The highest BCUT2D eigenvalue weighted by atomic mass is 16.1. The molecule has 0 fully saturated rings. The fraction of sp³-hybridized carbons (Fsp3) is 0.438. The molecule has 0 aliphatic carbocycles. The summed E-state index contributed by atoms with van der Waals surface area (Å²) in [6, 6.07) is 8.32. The maximum Gasteiger partial charge on any atom is 0.159 e. The second-order valence-corrected chi connectivity index (χ2v) is 4.99. The molecule has 0 radical (unpaired) electrons. The number of allylic oxidation sites excluding steroid dienone is 1. The van der Waals surface area contributed by atoms with Crippen LogP contribution in [0.25, 0.3) is 6.08 Å². The van der Waals surface area contributed by atoms with E-state index >= 15 is 0 Å². The number of aryl methyl sites for hydroxylation is 1. The van der Waals surface area contributed by atoms with E-state index in [9.17, 15) is 4.79 Å². The number of benzene rings is 1. The van der Waals surface area contributed by atoms with Crippen molar-refractivity contribution in [1.82, 2.24) is 4.90 Å². The van der Waals surface area contributed by atoms with Crippen molar-refractivity contribution in [2.24, 2.45) is 5.92 Å². The van der Waals surface area contributed by atoms with Gasteiger partial charge in [-0.15, -0.1) is 0 Å². The molecular formula is C16H23NO. The van der Waals surface area contributed by atoms with Gasteiger partial charge in [-0.1, -0.05) is 44.2 Å². The van der Waals surface area contributed by atoms with E-state index in [-0.39, 0.29) is 11.7 Å². The van der Waals surface area contributed by atoms with Crippen molar-refractivity contribution in [1.29, 1.82) is 0 Å². The van der Waals surface area contributed by atoms with Gasteiger partial charge in [-0.05, 0) is 37.7 Å². The summed E-state index contributed by atoms with van der Waals surface area (Å²) in [5, 5.41) is 0. The highest BCUT2D eigenvalue weighted by molar-refractivity contribution is 5.95. The summed E-state index contributed by atoms with van der Waals surface area (Å²) >= 11 is 0. The lowest BCUT2D eigenvalue weighted by Gasteiger charge is -2.13. The molecule has 1 aromatic carbocycles. The van der Waals surface area contributed by atoms with Crippen molar-refractivity contribution in [3.05, 3.63) is 41.5 Å². The van der Waals surface area contributed by atoms with Crippen LogP contribution < -0.4 is 0 Å². The van der Waals surface area contributed by atoms with Gasteiger partial charge in [0.2, 0.25) is 0 Å². The number of carbonyl (C=O) groups excluding carboxylic acids is 1. The number of carbonyl (C=O) groups is 1. The minimum Gasteiger partial charge on any atom is -0.309 e. The molecule has 0 amide bonds. The van der Waals surface area contributed by atoms with Crippen LogP contribution in [-0.2, 0) is 11.2 Å². The maximum atomic E-state index is 11.9. The average Bonchev–Trinajstić information content (AvgIpc) is 2.35. The molecule has 0 N–H and O–H groups in total. The van der Waals surface area contributed by atoms with Crippen LogP contribution in [-0.4, -0.2) is 31.3 Å². The third kappa shape index (κ3) is 4.84. The number of nitrogens with zero attached hydrogens (tertiary/aromatic N) is 1. The van der Waals surface area contributed by atoms with Gasteiger partial charge in [0.15, 0.2) is 5.78 Å². The van der Waals surface area contributed by atoms with E-state index in [1.807, 2.05) is 32.0 Å². The molecule has 0 aliphatic rings. The average molecular weight is 245 g/mol. The number of hydrogen-bond donors (Lipinski definition) is 0. The number of ketones is 1. The van der Waals surface area contributed by atoms with Gasteiger partial charge in [0.05, 0.1) is 0 Å². The molecule has 2 nitrogen and oxygen atoms in total. The molecule has 1 atom stereocenters. The Hall–Kier alpha value is -1.41. The van der Waals surface area contributed by atoms with E-state index in [1.165, 1.54) is 5.56 Å².